The standard InChI is InChI=1S/C17H16N4O3S/c1-10-6-15(19-9-18-10)21-16(22)12-8-25-17(20-12)11-4-5-13(23-2)14(7-11)24-3/h4-9H,1-3H3,(H,18,19,21,22). The van der Waals surface area contributed by atoms with Gasteiger partial charge >= 0.3 is 0 Å². The molecule has 2 heterocycles. The molecule has 0 aliphatic heterocycles. The van der Waals surface area contributed by atoms with Gasteiger partial charge in [-0.15, -0.1) is 11.3 Å². The van der Waals surface area contributed by atoms with Crippen LogP contribution in [-0.2, 0) is 0 Å². The molecule has 0 aliphatic rings. The number of benzene rings is 1. The molecule has 1 N–H and O–H groups in total. The summed E-state index contributed by atoms with van der Waals surface area (Å²) in [6.45, 7) is 1.83. The number of nitrogens with zero attached hydrogens (tertiary/aromatic N) is 3. The van der Waals surface area contributed by atoms with E-state index in [0.717, 1.165) is 11.3 Å². The van der Waals surface area contributed by atoms with E-state index in [1.54, 1.807) is 31.7 Å². The highest BCUT2D eigenvalue weighted by Crippen LogP contribution is 2.33. The summed E-state index contributed by atoms with van der Waals surface area (Å²) in [5.41, 5.74) is 1.94. The Labute approximate surface area is 148 Å². The van der Waals surface area contributed by atoms with Crippen molar-refractivity contribution in [1.29, 1.82) is 0 Å². The minimum absolute atomic E-state index is 0.318. The number of methoxy groups -OCH3 is 2. The topological polar surface area (TPSA) is 86.2 Å². The lowest BCUT2D eigenvalue weighted by atomic mass is 10.2. The van der Waals surface area contributed by atoms with Crippen LogP contribution in [0.4, 0.5) is 5.82 Å². The summed E-state index contributed by atoms with van der Waals surface area (Å²) in [6, 6.07) is 7.20. The second-order valence-corrected chi connectivity index (χ2v) is 5.96. The number of ether oxygens (including phenoxy) is 2. The van der Waals surface area contributed by atoms with Crippen molar-refractivity contribution >= 4 is 23.1 Å². The number of carbonyl (C=O) groups is 1. The van der Waals surface area contributed by atoms with Crippen molar-refractivity contribution in [3.05, 3.63) is 47.4 Å². The molecule has 0 radical (unpaired) electrons. The third-order valence-electron chi connectivity index (χ3n) is 3.41. The summed E-state index contributed by atoms with van der Waals surface area (Å²) < 4.78 is 10.5. The Bertz CT molecular complexity index is 910. The van der Waals surface area contributed by atoms with Crippen molar-refractivity contribution in [3.63, 3.8) is 0 Å². The van der Waals surface area contributed by atoms with Gasteiger partial charge in [0.2, 0.25) is 0 Å². The fourth-order valence-electron chi connectivity index (χ4n) is 2.18. The lowest BCUT2D eigenvalue weighted by Crippen LogP contribution is -2.13. The normalized spacial score (nSPS) is 10.4. The average Bonchev–Trinajstić information content (AvgIpc) is 3.11. The van der Waals surface area contributed by atoms with Crippen LogP contribution >= 0.6 is 11.3 Å². The number of aromatic nitrogens is 3. The van der Waals surface area contributed by atoms with Gasteiger partial charge in [0.15, 0.2) is 11.5 Å². The highest BCUT2D eigenvalue weighted by atomic mass is 32.1. The number of nitrogens with one attached hydrogen (secondary N) is 1. The van der Waals surface area contributed by atoms with Crippen LogP contribution in [0.1, 0.15) is 16.2 Å². The number of amides is 1. The van der Waals surface area contributed by atoms with Crippen LogP contribution in [0.2, 0.25) is 0 Å². The molecule has 0 bridgehead atoms. The van der Waals surface area contributed by atoms with Crippen LogP contribution in [0.25, 0.3) is 10.6 Å². The molecule has 0 aliphatic carbocycles. The van der Waals surface area contributed by atoms with Gasteiger partial charge in [-0.2, -0.15) is 0 Å². The van der Waals surface area contributed by atoms with Gasteiger partial charge in [0, 0.05) is 22.7 Å². The average molecular weight is 356 g/mol. The lowest BCUT2D eigenvalue weighted by molar-refractivity contribution is 0.102. The van der Waals surface area contributed by atoms with Crippen LogP contribution in [0.3, 0.4) is 0 Å². The van der Waals surface area contributed by atoms with Crippen molar-refractivity contribution in [2.45, 2.75) is 6.92 Å². The molecule has 128 valence electrons. The first-order chi connectivity index (χ1) is 12.1. The summed E-state index contributed by atoms with van der Waals surface area (Å²) in [6.07, 6.45) is 1.40. The Morgan fingerprint density at radius 1 is 1.12 bits per heavy atom. The first-order valence-electron chi connectivity index (χ1n) is 7.38. The molecular weight excluding hydrogens is 340 g/mol. The summed E-state index contributed by atoms with van der Waals surface area (Å²) in [4.78, 5) is 24.7. The first kappa shape index (κ1) is 16.8. The maximum atomic E-state index is 12.3. The summed E-state index contributed by atoms with van der Waals surface area (Å²) in [7, 11) is 3.16. The maximum absolute atomic E-state index is 12.3. The van der Waals surface area contributed by atoms with E-state index in [4.69, 9.17) is 9.47 Å². The third kappa shape index (κ3) is 3.74. The molecule has 25 heavy (non-hydrogen) atoms. The highest BCUT2D eigenvalue weighted by Gasteiger charge is 2.14. The predicted octanol–water partition coefficient (Wildman–Crippen LogP) is 3.18. The van der Waals surface area contributed by atoms with Gasteiger partial charge in [-0.1, -0.05) is 0 Å². The molecule has 0 fully saturated rings. The molecule has 0 unspecified atom stereocenters. The summed E-state index contributed by atoms with van der Waals surface area (Å²) >= 11 is 1.38. The lowest BCUT2D eigenvalue weighted by Gasteiger charge is -2.08. The van der Waals surface area contributed by atoms with Gasteiger partial charge in [-0.05, 0) is 25.1 Å². The molecule has 3 rings (SSSR count). The fourth-order valence-corrected chi connectivity index (χ4v) is 2.98. The number of hydrogen-bond donors (Lipinski definition) is 1. The minimum atomic E-state index is -0.318. The van der Waals surface area contributed by atoms with E-state index in [9.17, 15) is 4.79 Å². The Morgan fingerprint density at radius 3 is 2.64 bits per heavy atom. The Balaban J connectivity index is 1.81. The minimum Gasteiger partial charge on any atom is -0.493 e. The van der Waals surface area contributed by atoms with Crippen LogP contribution in [0, 0.1) is 6.92 Å². The second-order valence-electron chi connectivity index (χ2n) is 5.11. The van der Waals surface area contributed by atoms with E-state index in [1.807, 2.05) is 19.1 Å². The number of hydrogen-bond acceptors (Lipinski definition) is 7. The van der Waals surface area contributed by atoms with Crippen molar-refractivity contribution in [1.82, 2.24) is 15.0 Å². The van der Waals surface area contributed by atoms with Crippen LogP contribution < -0.4 is 14.8 Å². The van der Waals surface area contributed by atoms with Crippen LogP contribution in [0.15, 0.2) is 36.0 Å². The van der Waals surface area contributed by atoms with E-state index < -0.39 is 0 Å². The van der Waals surface area contributed by atoms with Crippen molar-refractivity contribution in [2.24, 2.45) is 0 Å². The Hall–Kier alpha value is -3.00. The smallest absolute Gasteiger partial charge is 0.276 e. The quantitative estimate of drug-likeness (QED) is 0.756. The predicted molar refractivity (Wildman–Crippen MR) is 95.4 cm³/mol. The van der Waals surface area contributed by atoms with Gasteiger partial charge in [-0.25, -0.2) is 15.0 Å². The molecule has 2 aromatic heterocycles. The summed E-state index contributed by atoms with van der Waals surface area (Å²) in [5.74, 6) is 1.37. The molecule has 3 aromatic rings. The van der Waals surface area contributed by atoms with Gasteiger partial charge in [0.1, 0.15) is 22.8 Å². The number of rotatable bonds is 5. The molecule has 0 saturated heterocycles. The SMILES string of the molecule is COc1ccc(-c2nc(C(=O)Nc3cc(C)ncn3)cs2)cc1OC. The maximum Gasteiger partial charge on any atom is 0.276 e. The fraction of sp³-hybridized carbons (Fsp3) is 0.176. The Morgan fingerprint density at radius 2 is 1.92 bits per heavy atom. The molecule has 0 saturated carbocycles. The van der Waals surface area contributed by atoms with Gasteiger partial charge in [0.05, 0.1) is 14.2 Å². The molecule has 0 atom stereocenters. The molecule has 8 heteroatoms. The zero-order chi connectivity index (χ0) is 17.8. The monoisotopic (exact) mass is 356 g/mol. The van der Waals surface area contributed by atoms with Crippen LogP contribution in [0.5, 0.6) is 11.5 Å². The molecular formula is C17H16N4O3S. The zero-order valence-corrected chi connectivity index (χ0v) is 14.8. The highest BCUT2D eigenvalue weighted by molar-refractivity contribution is 7.13. The number of aryl methyl sites for hydroxylation is 1. The largest absolute Gasteiger partial charge is 0.493 e. The van der Waals surface area contributed by atoms with E-state index in [2.05, 4.69) is 20.3 Å². The van der Waals surface area contributed by atoms with Gasteiger partial charge in [0.25, 0.3) is 5.91 Å². The molecule has 0 spiro atoms. The number of carbonyl (C=O) groups excluding carboxylic acids is 1. The van der Waals surface area contributed by atoms with Crippen molar-refractivity contribution < 1.29 is 14.3 Å². The van der Waals surface area contributed by atoms with Gasteiger partial charge in [-0.3, -0.25) is 4.79 Å². The zero-order valence-electron chi connectivity index (χ0n) is 13.9. The number of thiazole rings is 1. The van der Waals surface area contributed by atoms with Crippen LogP contribution in [-0.4, -0.2) is 35.1 Å². The first-order valence-corrected chi connectivity index (χ1v) is 8.26. The molecule has 1 aromatic carbocycles. The van der Waals surface area contributed by atoms with E-state index in [0.29, 0.717) is 28.0 Å². The Kier molecular flexibility index (Phi) is 4.90. The van der Waals surface area contributed by atoms with E-state index in [-0.39, 0.29) is 5.91 Å². The van der Waals surface area contributed by atoms with Gasteiger partial charge < -0.3 is 14.8 Å². The second kappa shape index (κ2) is 7.27. The van der Waals surface area contributed by atoms with E-state index in [1.165, 1.54) is 17.7 Å². The van der Waals surface area contributed by atoms with Crippen molar-refractivity contribution in [2.75, 3.05) is 19.5 Å². The number of anilines is 1. The van der Waals surface area contributed by atoms with Crippen molar-refractivity contribution in [3.8, 4) is 22.1 Å². The summed E-state index contributed by atoms with van der Waals surface area (Å²) in [5, 5.41) is 5.13. The van der Waals surface area contributed by atoms with E-state index >= 15 is 0 Å². The molecule has 7 nitrogen and oxygen atoms in total. The molecule has 1 amide bonds. The third-order valence-corrected chi connectivity index (χ3v) is 4.30.